The molecule has 2 aromatic rings. The van der Waals surface area contributed by atoms with E-state index in [2.05, 4.69) is 16.3 Å². The number of anilines is 1. The van der Waals surface area contributed by atoms with Crippen LogP contribution in [0.15, 0.2) is 36.4 Å². The van der Waals surface area contributed by atoms with Gasteiger partial charge in [-0.2, -0.15) is 0 Å². The zero-order chi connectivity index (χ0) is 13.2. The van der Waals surface area contributed by atoms with E-state index < -0.39 is 5.97 Å². The number of carbonyl (C=O) groups is 1. The molecule has 0 fully saturated rings. The van der Waals surface area contributed by atoms with Gasteiger partial charge in [-0.25, -0.2) is 4.79 Å². The quantitative estimate of drug-likeness (QED) is 0.832. The number of fused-ring (bicyclic) bond motifs is 1. The maximum atomic E-state index is 11.4. The molecule has 5 heteroatoms. The second-order valence-corrected chi connectivity index (χ2v) is 4.43. The molecule has 0 radical (unpaired) electrons. The predicted molar refractivity (Wildman–Crippen MR) is 72.5 cm³/mol. The van der Waals surface area contributed by atoms with Gasteiger partial charge in [0.15, 0.2) is 5.69 Å². The van der Waals surface area contributed by atoms with Crippen molar-refractivity contribution in [1.29, 1.82) is 0 Å². The van der Waals surface area contributed by atoms with Gasteiger partial charge in [0.2, 0.25) is 0 Å². The minimum Gasteiger partial charge on any atom is -0.476 e. The summed E-state index contributed by atoms with van der Waals surface area (Å²) in [5.74, 6) is -1.04. The average Bonchev–Trinajstić information content (AvgIpc) is 2.46. The van der Waals surface area contributed by atoms with E-state index in [1.807, 2.05) is 35.2 Å². The van der Waals surface area contributed by atoms with Crippen LogP contribution in [0.25, 0.3) is 10.9 Å². The standard InChI is InChI=1S/C14H13N3O2/c18-14(19)12-13(17-8-4-1-5-9-17)10-6-2-3-7-11(10)15-16-12/h1-4,6-7H,5,8-9H2,(H,18,19). The first-order valence-corrected chi connectivity index (χ1v) is 6.16. The summed E-state index contributed by atoms with van der Waals surface area (Å²) in [6, 6.07) is 7.50. The highest BCUT2D eigenvalue weighted by Gasteiger charge is 2.21. The Bertz CT molecular complexity index is 667. The number of hydrogen-bond acceptors (Lipinski definition) is 4. The van der Waals surface area contributed by atoms with Gasteiger partial charge in [0.1, 0.15) is 0 Å². The van der Waals surface area contributed by atoms with Crippen molar-refractivity contribution in [3.8, 4) is 0 Å². The first kappa shape index (κ1) is 11.6. The Kier molecular flexibility index (Phi) is 2.87. The van der Waals surface area contributed by atoms with Crippen LogP contribution in [0.1, 0.15) is 16.9 Å². The van der Waals surface area contributed by atoms with Gasteiger partial charge >= 0.3 is 5.97 Å². The number of aromatic carboxylic acids is 1. The first-order chi connectivity index (χ1) is 9.27. The summed E-state index contributed by atoms with van der Waals surface area (Å²) in [6.45, 7) is 1.50. The van der Waals surface area contributed by atoms with Gasteiger partial charge in [0, 0.05) is 18.5 Å². The van der Waals surface area contributed by atoms with Gasteiger partial charge in [-0.1, -0.05) is 30.4 Å². The number of carboxylic acid groups (broad SMARTS) is 1. The fraction of sp³-hybridized carbons (Fsp3) is 0.214. The fourth-order valence-corrected chi connectivity index (χ4v) is 2.35. The second kappa shape index (κ2) is 4.68. The summed E-state index contributed by atoms with van der Waals surface area (Å²) in [5, 5.41) is 18.0. The molecule has 0 saturated heterocycles. The average molecular weight is 255 g/mol. The maximum absolute atomic E-state index is 11.4. The molecule has 3 rings (SSSR count). The highest BCUT2D eigenvalue weighted by Crippen LogP contribution is 2.29. The summed E-state index contributed by atoms with van der Waals surface area (Å²) >= 11 is 0. The molecule has 0 saturated carbocycles. The second-order valence-electron chi connectivity index (χ2n) is 4.43. The molecule has 1 N–H and O–H groups in total. The number of aromatic nitrogens is 2. The maximum Gasteiger partial charge on any atom is 0.358 e. The Morgan fingerprint density at radius 2 is 2.05 bits per heavy atom. The van der Waals surface area contributed by atoms with Crippen LogP contribution in [0.2, 0.25) is 0 Å². The van der Waals surface area contributed by atoms with E-state index in [4.69, 9.17) is 0 Å². The molecule has 2 heterocycles. The lowest BCUT2D eigenvalue weighted by atomic mass is 10.1. The smallest absolute Gasteiger partial charge is 0.358 e. The minimum atomic E-state index is -1.04. The molecule has 1 aliphatic rings. The van der Waals surface area contributed by atoms with Crippen LogP contribution in [-0.2, 0) is 0 Å². The zero-order valence-electron chi connectivity index (χ0n) is 10.3. The van der Waals surface area contributed by atoms with Gasteiger partial charge in [-0.05, 0) is 12.5 Å². The molecule has 1 aliphatic heterocycles. The van der Waals surface area contributed by atoms with Gasteiger partial charge in [-0.3, -0.25) is 0 Å². The third kappa shape index (κ3) is 2.03. The van der Waals surface area contributed by atoms with E-state index in [0.717, 1.165) is 23.9 Å². The number of benzene rings is 1. The fourth-order valence-electron chi connectivity index (χ4n) is 2.35. The Labute approximate surface area is 110 Å². The van der Waals surface area contributed by atoms with Crippen molar-refractivity contribution < 1.29 is 9.90 Å². The van der Waals surface area contributed by atoms with E-state index in [9.17, 15) is 9.90 Å². The molecule has 19 heavy (non-hydrogen) atoms. The lowest BCUT2D eigenvalue weighted by molar-refractivity contribution is 0.0690. The normalized spacial score (nSPS) is 14.8. The summed E-state index contributed by atoms with van der Waals surface area (Å²) in [6.07, 6.45) is 5.06. The third-order valence-corrected chi connectivity index (χ3v) is 3.22. The Balaban J connectivity index is 2.25. The molecule has 0 unspecified atom stereocenters. The van der Waals surface area contributed by atoms with E-state index in [1.54, 1.807) is 0 Å². The van der Waals surface area contributed by atoms with E-state index in [0.29, 0.717) is 12.2 Å². The topological polar surface area (TPSA) is 66.3 Å². The molecule has 0 atom stereocenters. The van der Waals surface area contributed by atoms with Gasteiger partial charge < -0.3 is 10.0 Å². The van der Waals surface area contributed by atoms with Crippen LogP contribution in [0.5, 0.6) is 0 Å². The van der Waals surface area contributed by atoms with Crippen LogP contribution >= 0.6 is 0 Å². The van der Waals surface area contributed by atoms with E-state index in [-0.39, 0.29) is 5.69 Å². The van der Waals surface area contributed by atoms with Gasteiger partial charge in [0.25, 0.3) is 0 Å². The number of nitrogens with zero attached hydrogens (tertiary/aromatic N) is 3. The largest absolute Gasteiger partial charge is 0.476 e. The monoisotopic (exact) mass is 255 g/mol. The van der Waals surface area contributed by atoms with Crippen LogP contribution in [0.3, 0.4) is 0 Å². The van der Waals surface area contributed by atoms with Crippen molar-refractivity contribution in [3.05, 3.63) is 42.1 Å². The molecule has 0 amide bonds. The molecule has 1 aromatic carbocycles. The van der Waals surface area contributed by atoms with Crippen molar-refractivity contribution in [1.82, 2.24) is 10.2 Å². The molecule has 96 valence electrons. The highest BCUT2D eigenvalue weighted by atomic mass is 16.4. The molecular weight excluding hydrogens is 242 g/mol. The van der Waals surface area contributed by atoms with Crippen molar-refractivity contribution in [2.45, 2.75) is 6.42 Å². The van der Waals surface area contributed by atoms with Crippen molar-refractivity contribution in [2.24, 2.45) is 0 Å². The van der Waals surface area contributed by atoms with Gasteiger partial charge in [-0.15, -0.1) is 10.2 Å². The van der Waals surface area contributed by atoms with Crippen molar-refractivity contribution in [3.63, 3.8) is 0 Å². The van der Waals surface area contributed by atoms with Crippen LogP contribution in [0, 0.1) is 0 Å². The Morgan fingerprint density at radius 3 is 2.79 bits per heavy atom. The lowest BCUT2D eigenvalue weighted by Crippen LogP contribution is -2.29. The summed E-state index contributed by atoms with van der Waals surface area (Å²) in [4.78, 5) is 13.4. The summed E-state index contributed by atoms with van der Waals surface area (Å²) in [7, 11) is 0. The molecule has 0 bridgehead atoms. The molecule has 0 spiro atoms. The van der Waals surface area contributed by atoms with Crippen LogP contribution in [-0.4, -0.2) is 34.4 Å². The summed E-state index contributed by atoms with van der Waals surface area (Å²) < 4.78 is 0. The van der Waals surface area contributed by atoms with Crippen molar-refractivity contribution in [2.75, 3.05) is 18.0 Å². The SMILES string of the molecule is O=C(O)c1nnc2ccccc2c1N1CC=CCC1. The van der Waals surface area contributed by atoms with E-state index in [1.165, 1.54) is 0 Å². The summed E-state index contributed by atoms with van der Waals surface area (Å²) in [5.41, 5.74) is 1.41. The van der Waals surface area contributed by atoms with Crippen LogP contribution in [0.4, 0.5) is 5.69 Å². The third-order valence-electron chi connectivity index (χ3n) is 3.22. The highest BCUT2D eigenvalue weighted by molar-refractivity contribution is 6.02. The molecule has 5 nitrogen and oxygen atoms in total. The molecular formula is C14H13N3O2. The lowest BCUT2D eigenvalue weighted by Gasteiger charge is -2.27. The Hall–Kier alpha value is -2.43. The number of carboxylic acids is 1. The number of rotatable bonds is 2. The van der Waals surface area contributed by atoms with Crippen LogP contribution < -0.4 is 4.90 Å². The minimum absolute atomic E-state index is 0.0222. The zero-order valence-corrected chi connectivity index (χ0v) is 10.3. The Morgan fingerprint density at radius 1 is 1.21 bits per heavy atom. The molecule has 1 aromatic heterocycles. The predicted octanol–water partition coefficient (Wildman–Crippen LogP) is 2.09. The van der Waals surface area contributed by atoms with Gasteiger partial charge in [0.05, 0.1) is 11.2 Å². The number of hydrogen-bond donors (Lipinski definition) is 1. The molecule has 0 aliphatic carbocycles. The van der Waals surface area contributed by atoms with Crippen molar-refractivity contribution >= 4 is 22.6 Å². The first-order valence-electron chi connectivity index (χ1n) is 6.16. The van der Waals surface area contributed by atoms with E-state index >= 15 is 0 Å².